The van der Waals surface area contributed by atoms with E-state index in [1.54, 1.807) is 11.3 Å². The average molecular weight is 256 g/mol. The molecule has 0 bridgehead atoms. The Bertz CT molecular complexity index is 365. The number of nitrogens with zero attached hydrogens (tertiary/aromatic N) is 2. The van der Waals surface area contributed by atoms with Gasteiger partial charge < -0.3 is 4.74 Å². The maximum atomic E-state index is 11.4. The molecule has 1 unspecified atom stereocenters. The molecule has 17 heavy (non-hydrogen) atoms. The molecular formula is C12H20N2O2S. The first-order valence-electron chi connectivity index (χ1n) is 5.79. The average Bonchev–Trinajstić information content (AvgIpc) is 2.64. The monoisotopic (exact) mass is 256 g/mol. The minimum absolute atomic E-state index is 0.132. The topological polar surface area (TPSA) is 42.4 Å². The van der Waals surface area contributed by atoms with Crippen LogP contribution in [0.15, 0.2) is 5.51 Å². The quantitative estimate of drug-likeness (QED) is 0.732. The van der Waals surface area contributed by atoms with Crippen LogP contribution in [0.5, 0.6) is 0 Å². The summed E-state index contributed by atoms with van der Waals surface area (Å²) < 4.78 is 4.95. The third-order valence-electron chi connectivity index (χ3n) is 2.76. The highest BCUT2D eigenvalue weighted by atomic mass is 32.1. The molecule has 1 aromatic rings. The minimum atomic E-state index is -0.132. The summed E-state index contributed by atoms with van der Waals surface area (Å²) >= 11 is 1.66. The molecular weight excluding hydrogens is 236 g/mol. The predicted molar refractivity (Wildman–Crippen MR) is 69.0 cm³/mol. The molecule has 5 heteroatoms. The summed E-state index contributed by atoms with van der Waals surface area (Å²) in [7, 11) is 2.02. The first-order chi connectivity index (χ1) is 8.04. The van der Waals surface area contributed by atoms with E-state index in [1.165, 1.54) is 4.88 Å². The van der Waals surface area contributed by atoms with Gasteiger partial charge in [0.15, 0.2) is 0 Å². The lowest BCUT2D eigenvalue weighted by atomic mass is 10.2. The van der Waals surface area contributed by atoms with Crippen LogP contribution < -0.4 is 0 Å². The molecule has 4 nitrogen and oxygen atoms in total. The SMILES string of the molecule is CCOC(=O)CC(C)N(C)Cc1scnc1C. The van der Waals surface area contributed by atoms with Gasteiger partial charge in [-0.3, -0.25) is 9.69 Å². The number of hydrogen-bond acceptors (Lipinski definition) is 5. The van der Waals surface area contributed by atoms with Crippen molar-refractivity contribution in [2.24, 2.45) is 0 Å². The summed E-state index contributed by atoms with van der Waals surface area (Å²) in [5, 5.41) is 0. The van der Waals surface area contributed by atoms with Gasteiger partial charge in [-0.25, -0.2) is 4.98 Å². The second-order valence-corrected chi connectivity index (χ2v) is 5.07. The highest BCUT2D eigenvalue weighted by molar-refractivity contribution is 7.09. The van der Waals surface area contributed by atoms with E-state index in [-0.39, 0.29) is 12.0 Å². The molecule has 0 fully saturated rings. The van der Waals surface area contributed by atoms with Crippen molar-refractivity contribution in [3.8, 4) is 0 Å². The Morgan fingerprint density at radius 3 is 2.88 bits per heavy atom. The van der Waals surface area contributed by atoms with E-state index in [2.05, 4.69) is 9.88 Å². The van der Waals surface area contributed by atoms with Gasteiger partial charge >= 0.3 is 5.97 Å². The molecule has 1 rings (SSSR count). The largest absolute Gasteiger partial charge is 0.466 e. The van der Waals surface area contributed by atoms with E-state index >= 15 is 0 Å². The minimum Gasteiger partial charge on any atom is -0.466 e. The summed E-state index contributed by atoms with van der Waals surface area (Å²) in [5.41, 5.74) is 2.93. The summed E-state index contributed by atoms with van der Waals surface area (Å²) in [5.74, 6) is -0.132. The van der Waals surface area contributed by atoms with Crippen molar-refractivity contribution >= 4 is 17.3 Å². The van der Waals surface area contributed by atoms with Gasteiger partial charge in [0.05, 0.1) is 24.2 Å². The Morgan fingerprint density at radius 1 is 1.65 bits per heavy atom. The van der Waals surface area contributed by atoms with Crippen LogP contribution in [0.3, 0.4) is 0 Å². The van der Waals surface area contributed by atoms with E-state index in [0.717, 1.165) is 12.2 Å². The fourth-order valence-electron chi connectivity index (χ4n) is 1.48. The molecule has 0 N–H and O–H groups in total. The molecule has 0 spiro atoms. The van der Waals surface area contributed by atoms with Crippen molar-refractivity contribution in [1.29, 1.82) is 0 Å². The zero-order valence-electron chi connectivity index (χ0n) is 10.9. The smallest absolute Gasteiger partial charge is 0.307 e. The molecule has 0 aliphatic heterocycles. The lowest BCUT2D eigenvalue weighted by Gasteiger charge is -2.23. The van der Waals surface area contributed by atoms with Crippen molar-refractivity contribution in [3.63, 3.8) is 0 Å². The molecule has 0 amide bonds. The number of rotatable bonds is 6. The van der Waals surface area contributed by atoms with Crippen LogP contribution in [0.4, 0.5) is 0 Å². The highest BCUT2D eigenvalue weighted by Gasteiger charge is 2.16. The van der Waals surface area contributed by atoms with Gasteiger partial charge in [0, 0.05) is 17.5 Å². The van der Waals surface area contributed by atoms with Crippen molar-refractivity contribution in [2.75, 3.05) is 13.7 Å². The molecule has 0 aliphatic rings. The third kappa shape index (κ3) is 4.44. The van der Waals surface area contributed by atoms with E-state index in [1.807, 2.05) is 33.3 Å². The first kappa shape index (κ1) is 14.1. The highest BCUT2D eigenvalue weighted by Crippen LogP contribution is 2.16. The standard InChI is InChI=1S/C12H20N2O2S/c1-5-16-12(15)6-9(2)14(4)7-11-10(3)13-8-17-11/h8-9H,5-7H2,1-4H3. The molecule has 0 saturated heterocycles. The van der Waals surface area contributed by atoms with Gasteiger partial charge in [-0.2, -0.15) is 0 Å². The number of esters is 1. The third-order valence-corrected chi connectivity index (χ3v) is 3.68. The molecule has 1 atom stereocenters. The second kappa shape index (κ2) is 6.71. The van der Waals surface area contributed by atoms with E-state index in [0.29, 0.717) is 13.0 Å². The fourth-order valence-corrected chi connectivity index (χ4v) is 2.32. The Hall–Kier alpha value is -0.940. The molecule has 0 saturated carbocycles. The molecule has 0 radical (unpaired) electrons. The van der Waals surface area contributed by atoms with E-state index in [4.69, 9.17) is 4.74 Å². The van der Waals surface area contributed by atoms with Gasteiger partial charge in [-0.05, 0) is 27.8 Å². The van der Waals surface area contributed by atoms with Crippen LogP contribution in [0.25, 0.3) is 0 Å². The van der Waals surface area contributed by atoms with Gasteiger partial charge in [0.1, 0.15) is 0 Å². The fraction of sp³-hybridized carbons (Fsp3) is 0.667. The van der Waals surface area contributed by atoms with Crippen molar-refractivity contribution in [2.45, 2.75) is 39.8 Å². The number of ether oxygens (including phenoxy) is 1. The second-order valence-electron chi connectivity index (χ2n) is 4.13. The summed E-state index contributed by atoms with van der Waals surface area (Å²) in [6, 6.07) is 0.176. The van der Waals surface area contributed by atoms with Crippen LogP contribution in [0.1, 0.15) is 30.8 Å². The summed E-state index contributed by atoms with van der Waals surface area (Å²) in [6.07, 6.45) is 0.433. The Balaban J connectivity index is 2.44. The Morgan fingerprint density at radius 2 is 2.35 bits per heavy atom. The van der Waals surface area contributed by atoms with Gasteiger partial charge in [0.25, 0.3) is 0 Å². The van der Waals surface area contributed by atoms with Crippen LogP contribution in [-0.2, 0) is 16.1 Å². The zero-order chi connectivity index (χ0) is 12.8. The maximum Gasteiger partial charge on any atom is 0.307 e. The lowest BCUT2D eigenvalue weighted by molar-refractivity contribution is -0.144. The molecule has 0 aliphatic carbocycles. The normalized spacial score (nSPS) is 12.8. The van der Waals surface area contributed by atoms with Crippen LogP contribution in [0, 0.1) is 6.92 Å². The number of aryl methyl sites for hydroxylation is 1. The number of carbonyl (C=O) groups excluding carboxylic acids is 1. The number of aromatic nitrogens is 1. The van der Waals surface area contributed by atoms with Crippen molar-refractivity contribution in [1.82, 2.24) is 9.88 Å². The number of thiazole rings is 1. The predicted octanol–water partition coefficient (Wildman–Crippen LogP) is 2.23. The Labute approximate surface area is 107 Å². The number of hydrogen-bond donors (Lipinski definition) is 0. The summed E-state index contributed by atoms with van der Waals surface area (Å²) in [4.78, 5) is 19.0. The van der Waals surface area contributed by atoms with Crippen LogP contribution in [0.2, 0.25) is 0 Å². The maximum absolute atomic E-state index is 11.4. The number of carbonyl (C=O) groups is 1. The van der Waals surface area contributed by atoms with Crippen LogP contribution >= 0.6 is 11.3 Å². The molecule has 1 aromatic heterocycles. The lowest BCUT2D eigenvalue weighted by Crippen LogP contribution is -2.31. The first-order valence-corrected chi connectivity index (χ1v) is 6.67. The van der Waals surface area contributed by atoms with E-state index < -0.39 is 0 Å². The molecule has 1 heterocycles. The van der Waals surface area contributed by atoms with Gasteiger partial charge in [-0.1, -0.05) is 0 Å². The molecule has 0 aromatic carbocycles. The van der Waals surface area contributed by atoms with Gasteiger partial charge in [-0.15, -0.1) is 11.3 Å². The van der Waals surface area contributed by atoms with Gasteiger partial charge in [0.2, 0.25) is 0 Å². The van der Waals surface area contributed by atoms with E-state index in [9.17, 15) is 4.79 Å². The van der Waals surface area contributed by atoms with Crippen molar-refractivity contribution < 1.29 is 9.53 Å². The Kier molecular flexibility index (Phi) is 5.58. The molecule has 96 valence electrons. The van der Waals surface area contributed by atoms with Crippen LogP contribution in [-0.4, -0.2) is 35.5 Å². The zero-order valence-corrected chi connectivity index (χ0v) is 11.7. The van der Waals surface area contributed by atoms with Crippen molar-refractivity contribution in [3.05, 3.63) is 16.1 Å². The summed E-state index contributed by atoms with van der Waals surface area (Å²) in [6.45, 7) is 7.15.